The molecule has 0 aromatic heterocycles. The molecule has 1 saturated carbocycles. The van der Waals surface area contributed by atoms with E-state index in [9.17, 15) is 4.79 Å². The van der Waals surface area contributed by atoms with Gasteiger partial charge in [0, 0.05) is 18.0 Å². The molecule has 1 aliphatic carbocycles. The van der Waals surface area contributed by atoms with E-state index in [0.717, 1.165) is 24.2 Å². The van der Waals surface area contributed by atoms with E-state index in [1.165, 1.54) is 5.56 Å². The second-order valence-corrected chi connectivity index (χ2v) is 5.22. The molecule has 0 unspecified atom stereocenters. The molecule has 0 radical (unpaired) electrons. The van der Waals surface area contributed by atoms with E-state index in [-0.39, 0.29) is 11.8 Å². The molecule has 0 aliphatic heterocycles. The summed E-state index contributed by atoms with van der Waals surface area (Å²) in [6.07, 6.45) is 2.07. The maximum absolute atomic E-state index is 11.6. The molecule has 3 heteroatoms. The molecule has 0 bridgehead atoms. The Morgan fingerprint density at radius 1 is 1.44 bits per heavy atom. The minimum absolute atomic E-state index is 0.173. The molecule has 0 spiro atoms. The number of benzene rings is 1. The highest BCUT2D eigenvalue weighted by Crippen LogP contribution is 2.29. The van der Waals surface area contributed by atoms with Crippen molar-refractivity contribution in [3.63, 3.8) is 0 Å². The lowest BCUT2D eigenvalue weighted by Gasteiger charge is -2.13. The van der Waals surface area contributed by atoms with Crippen LogP contribution in [0.1, 0.15) is 43.7 Å². The number of nitrogens with one attached hydrogen (secondary N) is 1. The van der Waals surface area contributed by atoms with Crippen LogP contribution in [0.25, 0.3) is 0 Å². The lowest BCUT2D eigenvalue weighted by Crippen LogP contribution is -2.24. The van der Waals surface area contributed by atoms with Crippen LogP contribution in [0.15, 0.2) is 18.2 Å². The van der Waals surface area contributed by atoms with Crippen LogP contribution in [0.2, 0.25) is 0 Å². The normalized spacial score (nSPS) is 14.7. The van der Waals surface area contributed by atoms with E-state index < -0.39 is 0 Å². The van der Waals surface area contributed by atoms with Crippen LogP contribution in [0.3, 0.4) is 0 Å². The Labute approximate surface area is 109 Å². The lowest BCUT2D eigenvalue weighted by molar-refractivity contribution is -0.122. The molecule has 2 rings (SSSR count). The van der Waals surface area contributed by atoms with Crippen molar-refractivity contribution in [1.29, 1.82) is 0 Å². The van der Waals surface area contributed by atoms with Crippen molar-refractivity contribution >= 4 is 5.91 Å². The Balaban J connectivity index is 2.08. The highest BCUT2D eigenvalue weighted by Gasteiger charge is 2.29. The maximum Gasteiger partial charge on any atom is 0.223 e. The second-order valence-electron chi connectivity index (χ2n) is 5.22. The van der Waals surface area contributed by atoms with Gasteiger partial charge in [-0.25, -0.2) is 0 Å². The Kier molecular flexibility index (Phi) is 3.90. The first-order valence-electron chi connectivity index (χ1n) is 6.56. The summed E-state index contributed by atoms with van der Waals surface area (Å²) in [5.74, 6) is 1.75. The molecule has 98 valence electrons. The molecule has 3 nitrogen and oxygen atoms in total. The Bertz CT molecular complexity index is 436. The summed E-state index contributed by atoms with van der Waals surface area (Å²) in [6.45, 7) is 4.88. The fourth-order valence-corrected chi connectivity index (χ4v) is 1.97. The van der Waals surface area contributed by atoms with Crippen LogP contribution >= 0.6 is 0 Å². The molecule has 0 atom stereocenters. The van der Waals surface area contributed by atoms with Crippen molar-refractivity contribution in [2.75, 3.05) is 7.11 Å². The van der Waals surface area contributed by atoms with E-state index >= 15 is 0 Å². The molecule has 1 aromatic carbocycles. The molecule has 0 heterocycles. The molecule has 18 heavy (non-hydrogen) atoms. The van der Waals surface area contributed by atoms with E-state index in [2.05, 4.69) is 31.3 Å². The number of ether oxygens (including phenoxy) is 1. The Hall–Kier alpha value is -1.51. The molecular weight excluding hydrogens is 226 g/mol. The fourth-order valence-electron chi connectivity index (χ4n) is 1.97. The van der Waals surface area contributed by atoms with Crippen LogP contribution in [-0.2, 0) is 11.3 Å². The number of methoxy groups -OCH3 is 1. The van der Waals surface area contributed by atoms with Crippen molar-refractivity contribution in [3.8, 4) is 5.75 Å². The van der Waals surface area contributed by atoms with Crippen molar-refractivity contribution in [3.05, 3.63) is 29.3 Å². The van der Waals surface area contributed by atoms with Crippen LogP contribution in [0.5, 0.6) is 5.75 Å². The van der Waals surface area contributed by atoms with E-state index in [1.54, 1.807) is 7.11 Å². The van der Waals surface area contributed by atoms with Crippen molar-refractivity contribution < 1.29 is 9.53 Å². The Morgan fingerprint density at radius 2 is 2.17 bits per heavy atom. The average Bonchev–Trinajstić information content (AvgIpc) is 3.19. The summed E-state index contributed by atoms with van der Waals surface area (Å²) < 4.78 is 5.34. The van der Waals surface area contributed by atoms with Gasteiger partial charge in [0.2, 0.25) is 5.91 Å². The van der Waals surface area contributed by atoms with Crippen LogP contribution in [-0.4, -0.2) is 13.0 Å². The summed E-state index contributed by atoms with van der Waals surface area (Å²) in [5, 5.41) is 2.98. The minimum atomic E-state index is 0.173. The van der Waals surface area contributed by atoms with Gasteiger partial charge in [0.15, 0.2) is 0 Å². The zero-order valence-electron chi connectivity index (χ0n) is 11.3. The summed E-state index contributed by atoms with van der Waals surface area (Å²) in [5.41, 5.74) is 2.32. The first-order valence-corrected chi connectivity index (χ1v) is 6.56. The molecule has 1 fully saturated rings. The summed E-state index contributed by atoms with van der Waals surface area (Å²) in [4.78, 5) is 11.6. The van der Waals surface area contributed by atoms with Crippen LogP contribution in [0, 0.1) is 5.92 Å². The predicted octanol–water partition coefficient (Wildman–Crippen LogP) is 2.84. The summed E-state index contributed by atoms with van der Waals surface area (Å²) >= 11 is 0. The van der Waals surface area contributed by atoms with E-state index in [0.29, 0.717) is 12.5 Å². The lowest BCUT2D eigenvalue weighted by atomic mass is 10.00. The van der Waals surface area contributed by atoms with Gasteiger partial charge >= 0.3 is 0 Å². The zero-order chi connectivity index (χ0) is 13.1. The second kappa shape index (κ2) is 5.42. The van der Waals surface area contributed by atoms with Crippen LogP contribution < -0.4 is 10.1 Å². The first kappa shape index (κ1) is 12.9. The average molecular weight is 247 g/mol. The molecule has 1 aliphatic rings. The molecule has 0 saturated heterocycles. The molecule has 1 N–H and O–H groups in total. The van der Waals surface area contributed by atoms with Crippen molar-refractivity contribution in [2.45, 2.75) is 39.2 Å². The van der Waals surface area contributed by atoms with Gasteiger partial charge in [-0.3, -0.25) is 4.79 Å². The number of hydrogen-bond donors (Lipinski definition) is 1. The third-order valence-corrected chi connectivity index (χ3v) is 3.37. The quantitative estimate of drug-likeness (QED) is 0.869. The number of rotatable bonds is 5. The first-order chi connectivity index (χ1) is 8.61. The predicted molar refractivity (Wildman–Crippen MR) is 71.7 cm³/mol. The topological polar surface area (TPSA) is 38.3 Å². The van der Waals surface area contributed by atoms with Gasteiger partial charge in [0.25, 0.3) is 0 Å². The molecule has 1 amide bonds. The van der Waals surface area contributed by atoms with Gasteiger partial charge in [-0.15, -0.1) is 0 Å². The Morgan fingerprint density at radius 3 is 2.72 bits per heavy atom. The van der Waals surface area contributed by atoms with Gasteiger partial charge in [-0.1, -0.05) is 26.0 Å². The van der Waals surface area contributed by atoms with Gasteiger partial charge in [-0.2, -0.15) is 0 Å². The van der Waals surface area contributed by atoms with E-state index in [1.807, 2.05) is 6.07 Å². The number of hydrogen-bond acceptors (Lipinski definition) is 2. The smallest absolute Gasteiger partial charge is 0.223 e. The highest BCUT2D eigenvalue weighted by molar-refractivity contribution is 5.80. The largest absolute Gasteiger partial charge is 0.496 e. The van der Waals surface area contributed by atoms with Gasteiger partial charge in [-0.05, 0) is 30.4 Å². The third kappa shape index (κ3) is 3.03. The number of carbonyl (C=O) groups is 1. The monoisotopic (exact) mass is 247 g/mol. The molecule has 1 aromatic rings. The maximum atomic E-state index is 11.6. The third-order valence-electron chi connectivity index (χ3n) is 3.37. The highest BCUT2D eigenvalue weighted by atomic mass is 16.5. The zero-order valence-corrected chi connectivity index (χ0v) is 11.3. The van der Waals surface area contributed by atoms with Gasteiger partial charge in [0.1, 0.15) is 5.75 Å². The van der Waals surface area contributed by atoms with Crippen LogP contribution in [0.4, 0.5) is 0 Å². The fraction of sp³-hybridized carbons (Fsp3) is 0.533. The number of carbonyl (C=O) groups excluding carboxylic acids is 1. The van der Waals surface area contributed by atoms with Gasteiger partial charge in [0.05, 0.1) is 7.11 Å². The summed E-state index contributed by atoms with van der Waals surface area (Å²) in [7, 11) is 1.66. The van der Waals surface area contributed by atoms with Crippen molar-refractivity contribution in [1.82, 2.24) is 5.32 Å². The number of amides is 1. The standard InChI is InChI=1S/C15H21NO2/c1-10(2)12-6-7-14(18-3)13(8-12)9-16-15(17)11-4-5-11/h6-8,10-11H,4-5,9H2,1-3H3,(H,16,17). The SMILES string of the molecule is COc1ccc(C(C)C)cc1CNC(=O)C1CC1. The summed E-state index contributed by atoms with van der Waals surface area (Å²) in [6, 6.07) is 6.18. The van der Waals surface area contributed by atoms with E-state index in [4.69, 9.17) is 4.74 Å². The molecular formula is C15H21NO2. The van der Waals surface area contributed by atoms with Gasteiger partial charge < -0.3 is 10.1 Å². The van der Waals surface area contributed by atoms with Crippen molar-refractivity contribution in [2.24, 2.45) is 5.92 Å². The minimum Gasteiger partial charge on any atom is -0.496 e.